The number of carboxylic acid groups (broad SMARTS) is 1. The lowest BCUT2D eigenvalue weighted by atomic mass is 9.97. The highest BCUT2D eigenvalue weighted by molar-refractivity contribution is 7.09. The molecule has 1 aromatic rings. The molecule has 1 aromatic heterocycles. The molecule has 1 aliphatic heterocycles. The van der Waals surface area contributed by atoms with Gasteiger partial charge in [-0.1, -0.05) is 6.07 Å². The van der Waals surface area contributed by atoms with Crippen molar-refractivity contribution in [3.05, 3.63) is 22.4 Å². The third-order valence-electron chi connectivity index (χ3n) is 3.25. The van der Waals surface area contributed by atoms with Gasteiger partial charge in [0.25, 0.3) is 0 Å². The fourth-order valence-corrected chi connectivity index (χ4v) is 2.74. The molecule has 0 saturated carbocycles. The van der Waals surface area contributed by atoms with Crippen molar-refractivity contribution < 1.29 is 19.4 Å². The van der Waals surface area contributed by atoms with Gasteiger partial charge in [0.15, 0.2) is 0 Å². The Bertz CT molecular complexity index is 424. The average molecular weight is 283 g/mol. The standard InChI is InChI=1S/C13H17NO4S/c15-12(9-18-8-11-2-1-7-19-11)14-5-3-10(4-6-14)13(16)17/h1-2,7,10H,3-6,8-9H2,(H,16,17). The number of ether oxygens (including phenoxy) is 1. The molecule has 1 fully saturated rings. The van der Waals surface area contributed by atoms with E-state index in [0.717, 1.165) is 4.88 Å². The first-order valence-corrected chi connectivity index (χ1v) is 7.15. The Morgan fingerprint density at radius 2 is 2.16 bits per heavy atom. The van der Waals surface area contributed by atoms with Crippen LogP contribution in [0.4, 0.5) is 0 Å². The minimum Gasteiger partial charge on any atom is -0.481 e. The largest absolute Gasteiger partial charge is 0.481 e. The highest BCUT2D eigenvalue weighted by Crippen LogP contribution is 2.17. The van der Waals surface area contributed by atoms with E-state index >= 15 is 0 Å². The molecule has 0 aromatic carbocycles. The number of likely N-dealkylation sites (tertiary alicyclic amines) is 1. The van der Waals surface area contributed by atoms with Crippen LogP contribution >= 0.6 is 11.3 Å². The second-order valence-electron chi connectivity index (χ2n) is 4.57. The molecule has 2 rings (SSSR count). The van der Waals surface area contributed by atoms with Crippen molar-refractivity contribution in [2.24, 2.45) is 5.92 Å². The molecular weight excluding hydrogens is 266 g/mol. The van der Waals surface area contributed by atoms with Gasteiger partial charge in [0, 0.05) is 18.0 Å². The van der Waals surface area contributed by atoms with Crippen LogP contribution in [-0.2, 0) is 20.9 Å². The molecule has 2 heterocycles. The fourth-order valence-electron chi connectivity index (χ4n) is 2.10. The van der Waals surface area contributed by atoms with Crippen molar-refractivity contribution >= 4 is 23.2 Å². The maximum atomic E-state index is 11.9. The highest BCUT2D eigenvalue weighted by atomic mass is 32.1. The van der Waals surface area contributed by atoms with E-state index in [9.17, 15) is 9.59 Å². The third-order valence-corrected chi connectivity index (χ3v) is 4.10. The molecule has 0 radical (unpaired) electrons. The van der Waals surface area contributed by atoms with Crippen LogP contribution in [0.5, 0.6) is 0 Å². The molecule has 0 unspecified atom stereocenters. The summed E-state index contributed by atoms with van der Waals surface area (Å²) >= 11 is 1.60. The van der Waals surface area contributed by atoms with E-state index < -0.39 is 5.97 Å². The van der Waals surface area contributed by atoms with Crippen molar-refractivity contribution in [1.29, 1.82) is 0 Å². The topological polar surface area (TPSA) is 66.8 Å². The molecule has 1 saturated heterocycles. The van der Waals surface area contributed by atoms with Crippen LogP contribution in [0.3, 0.4) is 0 Å². The molecule has 1 N–H and O–H groups in total. The van der Waals surface area contributed by atoms with Crippen molar-refractivity contribution in [2.45, 2.75) is 19.4 Å². The van der Waals surface area contributed by atoms with Gasteiger partial charge in [0.05, 0.1) is 12.5 Å². The zero-order valence-electron chi connectivity index (χ0n) is 10.6. The van der Waals surface area contributed by atoms with Crippen LogP contribution in [0.2, 0.25) is 0 Å². The highest BCUT2D eigenvalue weighted by Gasteiger charge is 2.26. The number of hydrogen-bond donors (Lipinski definition) is 1. The Morgan fingerprint density at radius 1 is 1.42 bits per heavy atom. The predicted octanol–water partition coefficient (Wildman–Crippen LogP) is 1.59. The van der Waals surface area contributed by atoms with Gasteiger partial charge in [-0.25, -0.2) is 0 Å². The lowest BCUT2D eigenvalue weighted by Gasteiger charge is -2.30. The van der Waals surface area contributed by atoms with Crippen LogP contribution < -0.4 is 0 Å². The number of carbonyl (C=O) groups is 2. The third kappa shape index (κ3) is 4.04. The summed E-state index contributed by atoms with van der Waals surface area (Å²) in [4.78, 5) is 25.5. The molecule has 6 heteroatoms. The van der Waals surface area contributed by atoms with Gasteiger partial charge in [0.1, 0.15) is 6.61 Å². The lowest BCUT2D eigenvalue weighted by molar-refractivity contribution is -0.147. The predicted molar refractivity (Wildman–Crippen MR) is 70.9 cm³/mol. The molecule has 0 aliphatic carbocycles. The number of amides is 1. The summed E-state index contributed by atoms with van der Waals surface area (Å²) in [5, 5.41) is 10.9. The number of hydrogen-bond acceptors (Lipinski definition) is 4. The SMILES string of the molecule is O=C(O)C1CCN(C(=O)COCc2cccs2)CC1. The zero-order valence-corrected chi connectivity index (χ0v) is 11.4. The molecule has 19 heavy (non-hydrogen) atoms. The Labute approximate surface area is 115 Å². The van der Waals surface area contributed by atoms with Gasteiger partial charge in [-0.05, 0) is 24.3 Å². The molecule has 1 amide bonds. The molecule has 104 valence electrons. The summed E-state index contributed by atoms with van der Waals surface area (Å²) in [6.07, 6.45) is 1.07. The van der Waals surface area contributed by atoms with E-state index in [1.165, 1.54) is 0 Å². The van der Waals surface area contributed by atoms with Gasteiger partial charge in [0.2, 0.25) is 5.91 Å². The second kappa shape index (κ2) is 6.68. The van der Waals surface area contributed by atoms with E-state index in [0.29, 0.717) is 32.5 Å². The quantitative estimate of drug-likeness (QED) is 0.891. The second-order valence-corrected chi connectivity index (χ2v) is 5.60. The van der Waals surface area contributed by atoms with Gasteiger partial charge in [-0.3, -0.25) is 9.59 Å². The number of carbonyl (C=O) groups excluding carboxylic acids is 1. The summed E-state index contributed by atoms with van der Waals surface area (Å²) in [5.41, 5.74) is 0. The molecule has 0 bridgehead atoms. The van der Waals surface area contributed by atoms with Gasteiger partial charge in [-0.2, -0.15) is 0 Å². The van der Waals surface area contributed by atoms with Crippen molar-refractivity contribution in [3.8, 4) is 0 Å². The summed E-state index contributed by atoms with van der Waals surface area (Å²) in [7, 11) is 0. The Kier molecular flexibility index (Phi) is 4.93. The first kappa shape index (κ1) is 14.0. The maximum Gasteiger partial charge on any atom is 0.306 e. The Hall–Kier alpha value is -1.40. The smallest absolute Gasteiger partial charge is 0.306 e. The lowest BCUT2D eigenvalue weighted by Crippen LogP contribution is -2.41. The van der Waals surface area contributed by atoms with Crippen LogP contribution in [0.1, 0.15) is 17.7 Å². The molecule has 1 aliphatic rings. The van der Waals surface area contributed by atoms with E-state index in [1.807, 2.05) is 17.5 Å². The molecule has 0 spiro atoms. The first-order valence-electron chi connectivity index (χ1n) is 6.27. The average Bonchev–Trinajstić information content (AvgIpc) is 2.92. The van der Waals surface area contributed by atoms with E-state index in [2.05, 4.69) is 0 Å². The van der Waals surface area contributed by atoms with Crippen molar-refractivity contribution in [1.82, 2.24) is 4.90 Å². The molecule has 5 nitrogen and oxygen atoms in total. The Balaban J connectivity index is 1.68. The number of aliphatic carboxylic acids is 1. The number of rotatable bonds is 5. The minimum atomic E-state index is -0.763. The number of thiophene rings is 1. The Morgan fingerprint density at radius 3 is 2.74 bits per heavy atom. The van der Waals surface area contributed by atoms with Crippen LogP contribution in [0, 0.1) is 5.92 Å². The van der Waals surface area contributed by atoms with Gasteiger partial charge >= 0.3 is 5.97 Å². The molecule has 0 atom stereocenters. The number of carboxylic acids is 1. The molecular formula is C13H17NO4S. The maximum absolute atomic E-state index is 11.9. The fraction of sp³-hybridized carbons (Fsp3) is 0.538. The van der Waals surface area contributed by atoms with Crippen LogP contribution in [0.25, 0.3) is 0 Å². The number of piperidine rings is 1. The van der Waals surface area contributed by atoms with Gasteiger partial charge < -0.3 is 14.7 Å². The van der Waals surface area contributed by atoms with Crippen molar-refractivity contribution in [3.63, 3.8) is 0 Å². The minimum absolute atomic E-state index is 0.0552. The number of nitrogens with zero attached hydrogens (tertiary/aromatic N) is 1. The van der Waals surface area contributed by atoms with Crippen LogP contribution in [0.15, 0.2) is 17.5 Å². The monoisotopic (exact) mass is 283 g/mol. The van der Waals surface area contributed by atoms with E-state index in [1.54, 1.807) is 16.2 Å². The first-order chi connectivity index (χ1) is 9.16. The normalized spacial score (nSPS) is 16.5. The van der Waals surface area contributed by atoms with Gasteiger partial charge in [-0.15, -0.1) is 11.3 Å². The van der Waals surface area contributed by atoms with E-state index in [4.69, 9.17) is 9.84 Å². The summed E-state index contributed by atoms with van der Waals surface area (Å²) < 4.78 is 5.37. The van der Waals surface area contributed by atoms with Crippen LogP contribution in [-0.4, -0.2) is 41.6 Å². The zero-order chi connectivity index (χ0) is 13.7. The summed E-state index contributed by atoms with van der Waals surface area (Å²) in [6, 6.07) is 3.91. The summed E-state index contributed by atoms with van der Waals surface area (Å²) in [6.45, 7) is 1.54. The van der Waals surface area contributed by atoms with Crippen molar-refractivity contribution in [2.75, 3.05) is 19.7 Å². The van der Waals surface area contributed by atoms with E-state index in [-0.39, 0.29) is 18.4 Å². The summed E-state index contributed by atoms with van der Waals surface area (Å²) in [5.74, 6) is -1.13.